The van der Waals surface area contributed by atoms with Gasteiger partial charge in [0.05, 0.1) is 11.6 Å². The molecule has 0 saturated heterocycles. The Balaban J connectivity index is 2.14. The lowest BCUT2D eigenvalue weighted by Gasteiger charge is -2.11. The molecule has 5 N–H and O–H groups in total. The van der Waals surface area contributed by atoms with Crippen molar-refractivity contribution in [2.24, 2.45) is 16.5 Å². The van der Waals surface area contributed by atoms with Gasteiger partial charge in [-0.05, 0) is 25.0 Å². The van der Waals surface area contributed by atoms with Gasteiger partial charge >= 0.3 is 5.97 Å². The average Bonchev–Trinajstić information content (AvgIpc) is 3.37. The van der Waals surface area contributed by atoms with Crippen LogP contribution in [0.25, 0.3) is 0 Å². The molecule has 1 fully saturated rings. The summed E-state index contributed by atoms with van der Waals surface area (Å²) >= 11 is 0. The van der Waals surface area contributed by atoms with E-state index in [0.717, 1.165) is 31.0 Å². The van der Waals surface area contributed by atoms with Gasteiger partial charge in [-0.3, -0.25) is 9.79 Å². The lowest BCUT2D eigenvalue weighted by atomic mass is 10.1. The maximum absolute atomic E-state index is 13.6. The smallest absolute Gasteiger partial charge is 0.344 e. The Morgan fingerprint density at radius 2 is 1.85 bits per heavy atom. The van der Waals surface area contributed by atoms with Crippen molar-refractivity contribution in [2.75, 3.05) is 13.2 Å². The number of carbonyl (C=O) groups is 2. The van der Waals surface area contributed by atoms with Crippen molar-refractivity contribution >= 4 is 17.6 Å². The number of ether oxygens (including phenoxy) is 1. The summed E-state index contributed by atoms with van der Waals surface area (Å²) in [5.74, 6) is -4.38. The van der Waals surface area contributed by atoms with E-state index in [1.165, 1.54) is 0 Å². The highest BCUT2D eigenvalue weighted by Gasteiger charge is 2.26. The normalized spacial score (nSPS) is 15.4. The molecule has 1 saturated carbocycles. The first-order chi connectivity index (χ1) is 12.3. The van der Waals surface area contributed by atoms with Gasteiger partial charge in [-0.2, -0.15) is 0 Å². The molecule has 0 unspecified atom stereocenters. The summed E-state index contributed by atoms with van der Waals surface area (Å²) in [5, 5.41) is 8.99. The third kappa shape index (κ3) is 4.85. The molecule has 0 spiro atoms. The molecule has 1 aromatic carbocycles. The Morgan fingerprint density at radius 3 is 2.38 bits per heavy atom. The van der Waals surface area contributed by atoms with Crippen LogP contribution in [0.2, 0.25) is 0 Å². The second kappa shape index (κ2) is 8.52. The monoisotopic (exact) mass is 367 g/mol. The third-order valence-corrected chi connectivity index (χ3v) is 3.61. The highest BCUT2D eigenvalue weighted by Crippen LogP contribution is 2.24. The Kier molecular flexibility index (Phi) is 6.40. The number of benzene rings is 1. The number of rotatable bonds is 8. The van der Waals surface area contributed by atoms with Gasteiger partial charge in [0.25, 0.3) is 0 Å². The number of amidine groups is 1. The number of hydrogen-bond donors (Lipinski definition) is 3. The molecule has 1 aliphatic carbocycles. The second-order valence-electron chi connectivity index (χ2n) is 5.72. The van der Waals surface area contributed by atoms with Gasteiger partial charge in [0.15, 0.2) is 6.61 Å². The summed E-state index contributed by atoms with van der Waals surface area (Å²) in [5.41, 5.74) is 10.4. The van der Waals surface area contributed by atoms with Gasteiger partial charge in [0.1, 0.15) is 23.0 Å². The molecule has 1 aliphatic rings. The summed E-state index contributed by atoms with van der Waals surface area (Å²) < 4.78 is 32.0. The minimum absolute atomic E-state index is 0.00568. The van der Waals surface area contributed by atoms with Crippen molar-refractivity contribution in [1.82, 2.24) is 0 Å². The van der Waals surface area contributed by atoms with Crippen LogP contribution in [0.1, 0.15) is 29.6 Å². The van der Waals surface area contributed by atoms with Crippen molar-refractivity contribution in [3.63, 3.8) is 0 Å². The zero-order valence-corrected chi connectivity index (χ0v) is 13.9. The Bertz CT molecular complexity index is 753. The molecule has 7 nitrogen and oxygen atoms in total. The molecule has 0 atom stereocenters. The number of aliphatic hydroxyl groups excluding tert-OH is 1. The molecule has 2 rings (SSSR count). The SMILES string of the molecule is NC(=NC1CC1)C(C(=O)OCC(=O)c1c(F)cccc1F)=C(N)CCO. The van der Waals surface area contributed by atoms with Gasteiger partial charge in [-0.15, -0.1) is 0 Å². The number of esters is 1. The molecular weight excluding hydrogens is 348 g/mol. The van der Waals surface area contributed by atoms with E-state index in [2.05, 4.69) is 4.99 Å². The van der Waals surface area contributed by atoms with Crippen molar-refractivity contribution < 1.29 is 28.2 Å². The zero-order chi connectivity index (χ0) is 19.3. The van der Waals surface area contributed by atoms with E-state index >= 15 is 0 Å². The van der Waals surface area contributed by atoms with E-state index in [4.69, 9.17) is 21.3 Å². The standard InChI is InChI=1S/C17H19F2N3O4/c18-10-2-1-3-11(19)14(10)13(24)8-26-17(25)15(12(20)6-7-23)16(21)22-9-4-5-9/h1-3,9,23H,4-8,20H2,(H2,21,22). The quantitative estimate of drug-likeness (QED) is 0.205. The number of hydrogen-bond acceptors (Lipinski definition) is 6. The molecule has 140 valence electrons. The minimum Gasteiger partial charge on any atom is -0.454 e. The third-order valence-electron chi connectivity index (χ3n) is 3.61. The van der Waals surface area contributed by atoms with Gasteiger partial charge in [0.2, 0.25) is 5.78 Å². The van der Waals surface area contributed by atoms with Crippen LogP contribution in [0.4, 0.5) is 8.78 Å². The van der Waals surface area contributed by atoms with Crippen molar-refractivity contribution in [1.29, 1.82) is 0 Å². The molecule has 0 aromatic heterocycles. The number of halogens is 2. The number of aliphatic imine (C=N–C) groups is 1. The van der Waals surface area contributed by atoms with Crippen molar-refractivity contribution in [3.8, 4) is 0 Å². The van der Waals surface area contributed by atoms with Crippen LogP contribution in [0.5, 0.6) is 0 Å². The lowest BCUT2D eigenvalue weighted by molar-refractivity contribution is -0.137. The van der Waals surface area contributed by atoms with Crippen molar-refractivity contribution in [2.45, 2.75) is 25.3 Å². The second-order valence-corrected chi connectivity index (χ2v) is 5.72. The first kappa shape index (κ1) is 19.5. The van der Waals surface area contributed by atoms with Crippen LogP contribution >= 0.6 is 0 Å². The first-order valence-electron chi connectivity index (χ1n) is 7.92. The van der Waals surface area contributed by atoms with Crippen LogP contribution in [0.3, 0.4) is 0 Å². The van der Waals surface area contributed by atoms with Crippen LogP contribution in [0, 0.1) is 11.6 Å². The highest BCUT2D eigenvalue weighted by atomic mass is 19.1. The Labute approximate surface area is 148 Å². The topological polar surface area (TPSA) is 128 Å². The van der Waals surface area contributed by atoms with E-state index in [9.17, 15) is 18.4 Å². The lowest BCUT2D eigenvalue weighted by Crippen LogP contribution is -2.29. The number of nitrogens with two attached hydrogens (primary N) is 2. The molecule has 26 heavy (non-hydrogen) atoms. The molecule has 9 heteroatoms. The molecule has 0 heterocycles. The molecule has 0 aliphatic heterocycles. The van der Waals surface area contributed by atoms with E-state index in [-0.39, 0.29) is 36.2 Å². The fourth-order valence-electron chi connectivity index (χ4n) is 2.15. The summed E-state index contributed by atoms with van der Waals surface area (Å²) in [6, 6.07) is 2.94. The number of aliphatic hydroxyl groups is 1. The molecule has 0 radical (unpaired) electrons. The van der Waals surface area contributed by atoms with E-state index in [1.54, 1.807) is 0 Å². The maximum Gasteiger partial charge on any atom is 0.344 e. The van der Waals surface area contributed by atoms with Crippen molar-refractivity contribution in [3.05, 3.63) is 46.7 Å². The van der Waals surface area contributed by atoms with Crippen LogP contribution in [-0.4, -0.2) is 42.0 Å². The summed E-state index contributed by atoms with van der Waals surface area (Å²) in [4.78, 5) is 28.3. The highest BCUT2D eigenvalue weighted by molar-refractivity contribution is 6.19. The first-order valence-corrected chi connectivity index (χ1v) is 7.92. The van der Waals surface area contributed by atoms with Gasteiger partial charge in [0, 0.05) is 18.7 Å². The summed E-state index contributed by atoms with van der Waals surface area (Å²) in [7, 11) is 0. The molecular formula is C17H19F2N3O4. The van der Waals surface area contributed by atoms with E-state index in [1.807, 2.05) is 0 Å². The largest absolute Gasteiger partial charge is 0.454 e. The Morgan fingerprint density at radius 1 is 1.23 bits per heavy atom. The van der Waals surface area contributed by atoms with Gasteiger partial charge in [-0.1, -0.05) is 6.07 Å². The molecule has 1 aromatic rings. The maximum atomic E-state index is 13.6. The zero-order valence-electron chi connectivity index (χ0n) is 13.9. The Hall–Kier alpha value is -2.81. The van der Waals surface area contributed by atoms with Crippen LogP contribution in [-0.2, 0) is 9.53 Å². The molecule has 0 amide bonds. The summed E-state index contributed by atoms with van der Waals surface area (Å²) in [6.07, 6.45) is 1.60. The number of Topliss-reactive ketones (excluding diaryl/α,β-unsaturated/α-hetero) is 1. The summed E-state index contributed by atoms with van der Waals surface area (Å²) in [6.45, 7) is -1.23. The fraction of sp³-hybridized carbons (Fsp3) is 0.353. The average molecular weight is 367 g/mol. The van der Waals surface area contributed by atoms with E-state index in [0.29, 0.717) is 0 Å². The molecule has 0 bridgehead atoms. The number of ketones is 1. The van der Waals surface area contributed by atoms with Gasteiger partial charge in [-0.25, -0.2) is 13.6 Å². The minimum atomic E-state index is -1.06. The van der Waals surface area contributed by atoms with Gasteiger partial charge < -0.3 is 21.3 Å². The fourth-order valence-corrected chi connectivity index (χ4v) is 2.15. The van der Waals surface area contributed by atoms with Crippen LogP contribution < -0.4 is 11.5 Å². The number of nitrogens with zero attached hydrogens (tertiary/aromatic N) is 1. The predicted octanol–water partition coefficient (Wildman–Crippen LogP) is 0.805. The predicted molar refractivity (Wildman–Crippen MR) is 89.2 cm³/mol. The van der Waals surface area contributed by atoms with E-state index < -0.39 is 35.6 Å². The number of carbonyl (C=O) groups excluding carboxylic acids is 2. The van der Waals surface area contributed by atoms with Crippen LogP contribution in [0.15, 0.2) is 34.5 Å².